The van der Waals surface area contributed by atoms with Gasteiger partial charge < -0.3 is 19.7 Å². The minimum Gasteiger partial charge on any atom is -0.493 e. The van der Waals surface area contributed by atoms with E-state index >= 15 is 0 Å². The van der Waals surface area contributed by atoms with E-state index in [-0.39, 0.29) is 5.91 Å². The van der Waals surface area contributed by atoms with Crippen molar-refractivity contribution in [3.63, 3.8) is 0 Å². The van der Waals surface area contributed by atoms with Gasteiger partial charge >= 0.3 is 0 Å². The number of aromatic nitrogens is 2. The van der Waals surface area contributed by atoms with E-state index in [0.29, 0.717) is 27.9 Å². The van der Waals surface area contributed by atoms with Gasteiger partial charge in [0.25, 0.3) is 5.91 Å². The van der Waals surface area contributed by atoms with E-state index in [1.165, 1.54) is 0 Å². The quantitative estimate of drug-likeness (QED) is 0.576. The zero-order chi connectivity index (χ0) is 21.7. The van der Waals surface area contributed by atoms with E-state index in [1.807, 2.05) is 37.2 Å². The van der Waals surface area contributed by atoms with Gasteiger partial charge in [0.15, 0.2) is 11.5 Å². The number of carbonyl (C=O) groups is 1. The van der Waals surface area contributed by atoms with Crippen LogP contribution in [0.2, 0.25) is 5.02 Å². The number of nitrogens with zero attached hydrogens (tertiary/aromatic N) is 3. The zero-order valence-electron chi connectivity index (χ0n) is 17.2. The third kappa shape index (κ3) is 4.75. The van der Waals surface area contributed by atoms with E-state index in [1.54, 1.807) is 61.6 Å². The van der Waals surface area contributed by atoms with Crippen molar-refractivity contribution >= 4 is 28.9 Å². The molecule has 1 heterocycles. The highest BCUT2D eigenvalue weighted by Gasteiger charge is 2.16. The average Bonchev–Trinajstić information content (AvgIpc) is 3.20. The molecule has 1 N–H and O–H groups in total. The molecule has 0 aliphatic rings. The Morgan fingerprint density at radius 2 is 1.77 bits per heavy atom. The summed E-state index contributed by atoms with van der Waals surface area (Å²) in [5.74, 6) is 1.43. The van der Waals surface area contributed by atoms with Crippen LogP contribution in [-0.4, -0.2) is 48.9 Å². The van der Waals surface area contributed by atoms with Crippen LogP contribution in [0, 0.1) is 0 Å². The highest BCUT2D eigenvalue weighted by molar-refractivity contribution is 6.31. The molecule has 0 bridgehead atoms. The van der Waals surface area contributed by atoms with E-state index in [9.17, 15) is 4.79 Å². The standard InChI is InChI=1S/C22H23ClN4O3/c1-26(2)14-18(15-5-7-16(23)8-6-15)22(28)25-21-11-12-24-27(21)17-9-10-19(29-3)20(13-17)30-4/h5-14H,1-4H3,(H,25,28). The van der Waals surface area contributed by atoms with E-state index in [0.717, 1.165) is 11.3 Å². The van der Waals surface area contributed by atoms with Gasteiger partial charge in [0.2, 0.25) is 0 Å². The number of methoxy groups -OCH3 is 2. The minimum atomic E-state index is -0.270. The van der Waals surface area contributed by atoms with Gasteiger partial charge in [-0.1, -0.05) is 23.7 Å². The molecule has 3 aromatic rings. The molecule has 0 aliphatic heterocycles. The fraction of sp³-hybridized carbons (Fsp3) is 0.182. The maximum absolute atomic E-state index is 13.1. The topological polar surface area (TPSA) is 68.6 Å². The van der Waals surface area contributed by atoms with Crippen LogP contribution in [0.25, 0.3) is 11.3 Å². The summed E-state index contributed by atoms with van der Waals surface area (Å²) in [7, 11) is 6.86. The van der Waals surface area contributed by atoms with E-state index in [2.05, 4.69) is 10.4 Å². The number of nitrogens with one attached hydrogen (secondary N) is 1. The van der Waals surface area contributed by atoms with Crippen LogP contribution >= 0.6 is 11.6 Å². The van der Waals surface area contributed by atoms with Crippen molar-refractivity contribution in [2.45, 2.75) is 0 Å². The van der Waals surface area contributed by atoms with Crippen molar-refractivity contribution in [1.29, 1.82) is 0 Å². The Labute approximate surface area is 180 Å². The molecule has 7 nitrogen and oxygen atoms in total. The largest absolute Gasteiger partial charge is 0.493 e. The number of ether oxygens (including phenoxy) is 2. The summed E-state index contributed by atoms with van der Waals surface area (Å²) in [6.07, 6.45) is 3.37. The molecule has 2 aromatic carbocycles. The third-order valence-electron chi connectivity index (χ3n) is 4.28. The monoisotopic (exact) mass is 426 g/mol. The molecule has 0 unspecified atom stereocenters. The van der Waals surface area contributed by atoms with Crippen molar-refractivity contribution in [2.75, 3.05) is 33.6 Å². The molecule has 156 valence electrons. The molecule has 8 heteroatoms. The summed E-state index contributed by atoms with van der Waals surface area (Å²) in [5, 5.41) is 7.87. The lowest BCUT2D eigenvalue weighted by atomic mass is 10.1. The Kier molecular flexibility index (Phi) is 6.64. The number of amides is 1. The fourth-order valence-electron chi connectivity index (χ4n) is 2.90. The van der Waals surface area contributed by atoms with Gasteiger partial charge in [0.05, 0.1) is 31.7 Å². The lowest BCUT2D eigenvalue weighted by molar-refractivity contribution is -0.111. The molecule has 0 saturated heterocycles. The van der Waals surface area contributed by atoms with Crippen LogP contribution in [0.5, 0.6) is 11.5 Å². The first kappa shape index (κ1) is 21.3. The Morgan fingerprint density at radius 1 is 1.07 bits per heavy atom. The fourth-order valence-corrected chi connectivity index (χ4v) is 3.02. The number of benzene rings is 2. The summed E-state index contributed by atoms with van der Waals surface area (Å²) < 4.78 is 12.3. The molecular weight excluding hydrogens is 404 g/mol. The Bertz CT molecular complexity index is 1060. The number of anilines is 1. The molecule has 0 aliphatic carbocycles. The third-order valence-corrected chi connectivity index (χ3v) is 4.54. The van der Waals surface area contributed by atoms with Crippen molar-refractivity contribution < 1.29 is 14.3 Å². The first-order chi connectivity index (χ1) is 14.4. The van der Waals surface area contributed by atoms with Gasteiger partial charge in [-0.2, -0.15) is 5.10 Å². The van der Waals surface area contributed by atoms with Gasteiger partial charge in [0, 0.05) is 37.5 Å². The minimum absolute atomic E-state index is 0.270. The molecule has 0 saturated carbocycles. The molecule has 3 rings (SSSR count). The summed E-state index contributed by atoms with van der Waals surface area (Å²) in [5.41, 5.74) is 1.97. The average molecular weight is 427 g/mol. The number of hydrogen-bond donors (Lipinski definition) is 1. The second kappa shape index (κ2) is 9.37. The second-order valence-corrected chi connectivity index (χ2v) is 7.07. The lowest BCUT2D eigenvalue weighted by Gasteiger charge is -2.15. The summed E-state index contributed by atoms with van der Waals surface area (Å²) in [4.78, 5) is 14.9. The predicted molar refractivity (Wildman–Crippen MR) is 118 cm³/mol. The van der Waals surface area contributed by atoms with Gasteiger partial charge in [-0.05, 0) is 29.8 Å². The molecule has 0 spiro atoms. The van der Waals surface area contributed by atoms with Crippen LogP contribution in [0.4, 0.5) is 5.82 Å². The SMILES string of the molecule is COc1ccc(-n2nccc2NC(=O)C(=CN(C)C)c2ccc(Cl)cc2)cc1OC. The van der Waals surface area contributed by atoms with Crippen molar-refractivity contribution in [2.24, 2.45) is 0 Å². The molecule has 0 fully saturated rings. The van der Waals surface area contributed by atoms with Gasteiger partial charge in [-0.15, -0.1) is 0 Å². The molecule has 30 heavy (non-hydrogen) atoms. The highest BCUT2D eigenvalue weighted by atomic mass is 35.5. The maximum Gasteiger partial charge on any atom is 0.258 e. The summed E-state index contributed by atoms with van der Waals surface area (Å²) in [6.45, 7) is 0. The Balaban J connectivity index is 1.92. The number of hydrogen-bond acceptors (Lipinski definition) is 5. The predicted octanol–water partition coefficient (Wildman–Crippen LogP) is 4.08. The zero-order valence-corrected chi connectivity index (χ0v) is 18.0. The second-order valence-electron chi connectivity index (χ2n) is 6.63. The van der Waals surface area contributed by atoms with E-state index < -0.39 is 0 Å². The van der Waals surface area contributed by atoms with Crippen LogP contribution < -0.4 is 14.8 Å². The highest BCUT2D eigenvalue weighted by Crippen LogP contribution is 2.30. The normalized spacial score (nSPS) is 11.2. The molecule has 0 radical (unpaired) electrons. The first-order valence-electron chi connectivity index (χ1n) is 9.15. The number of rotatable bonds is 7. The van der Waals surface area contributed by atoms with Gasteiger partial charge in [-0.25, -0.2) is 4.68 Å². The Morgan fingerprint density at radius 3 is 2.40 bits per heavy atom. The van der Waals surface area contributed by atoms with Crippen molar-refractivity contribution in [3.05, 3.63) is 71.5 Å². The lowest BCUT2D eigenvalue weighted by Crippen LogP contribution is -2.18. The van der Waals surface area contributed by atoms with Crippen molar-refractivity contribution in [3.8, 4) is 17.2 Å². The first-order valence-corrected chi connectivity index (χ1v) is 9.52. The molecule has 0 atom stereocenters. The maximum atomic E-state index is 13.1. The number of halogens is 1. The molecular formula is C22H23ClN4O3. The van der Waals surface area contributed by atoms with Crippen molar-refractivity contribution in [1.82, 2.24) is 14.7 Å². The summed E-state index contributed by atoms with van der Waals surface area (Å²) >= 11 is 5.99. The van der Waals surface area contributed by atoms with Gasteiger partial charge in [-0.3, -0.25) is 4.79 Å². The molecule has 1 amide bonds. The Hall–Kier alpha value is -3.45. The molecule has 1 aromatic heterocycles. The van der Waals surface area contributed by atoms with Crippen LogP contribution in [0.1, 0.15) is 5.56 Å². The van der Waals surface area contributed by atoms with Crippen LogP contribution in [-0.2, 0) is 4.79 Å². The van der Waals surface area contributed by atoms with Crippen LogP contribution in [0.15, 0.2) is 60.9 Å². The van der Waals surface area contributed by atoms with Gasteiger partial charge in [0.1, 0.15) is 5.82 Å². The summed E-state index contributed by atoms with van der Waals surface area (Å²) in [6, 6.07) is 14.3. The van der Waals surface area contributed by atoms with E-state index in [4.69, 9.17) is 21.1 Å². The van der Waals surface area contributed by atoms with Crippen LogP contribution in [0.3, 0.4) is 0 Å². The number of carbonyl (C=O) groups excluding carboxylic acids is 1. The smallest absolute Gasteiger partial charge is 0.258 e.